The van der Waals surface area contributed by atoms with Gasteiger partial charge in [-0.1, -0.05) is 58.3 Å². The lowest BCUT2D eigenvalue weighted by Gasteiger charge is -2.26. The van der Waals surface area contributed by atoms with Gasteiger partial charge in [-0.25, -0.2) is 9.79 Å². The fourth-order valence-corrected chi connectivity index (χ4v) is 5.57. The highest BCUT2D eigenvalue weighted by Crippen LogP contribution is 2.38. The summed E-state index contributed by atoms with van der Waals surface area (Å²) in [5, 5.41) is 9.44. The molecule has 14 heteroatoms. The predicted octanol–water partition coefficient (Wildman–Crippen LogP) is 5.20. The molecule has 2 aromatic carbocycles. The van der Waals surface area contributed by atoms with Crippen molar-refractivity contribution in [2.24, 2.45) is 4.99 Å². The number of thiazole rings is 1. The largest absolute Gasteiger partial charge is 0.477 e. The minimum atomic E-state index is -5.04. The van der Waals surface area contributed by atoms with Gasteiger partial charge in [0.25, 0.3) is 5.56 Å². The Hall–Kier alpha value is -3.30. The van der Waals surface area contributed by atoms with E-state index in [9.17, 15) is 22.8 Å². The minimum absolute atomic E-state index is 0.0471. The number of ether oxygens (including phenoxy) is 2. The predicted molar refractivity (Wildman–Crippen MR) is 140 cm³/mol. The van der Waals surface area contributed by atoms with Crippen LogP contribution in [0, 0.1) is 11.3 Å². The number of alkyl halides is 3. The zero-order valence-electron chi connectivity index (χ0n) is 19.7. The average molecular weight is 617 g/mol. The van der Waals surface area contributed by atoms with E-state index in [0.29, 0.717) is 16.4 Å². The number of nitrogens with zero attached hydrogens (tertiary/aromatic N) is 3. The van der Waals surface area contributed by atoms with Crippen molar-refractivity contribution in [3.63, 3.8) is 0 Å². The molecular formula is C25H15Cl3F3N3O4S. The lowest BCUT2D eigenvalue weighted by molar-refractivity contribution is -0.140. The molecule has 1 aliphatic heterocycles. The summed E-state index contributed by atoms with van der Waals surface area (Å²) in [7, 11) is 0. The van der Waals surface area contributed by atoms with E-state index < -0.39 is 35.0 Å². The fourth-order valence-electron chi connectivity index (χ4n) is 3.89. The summed E-state index contributed by atoms with van der Waals surface area (Å²) >= 11 is 19.0. The first-order chi connectivity index (χ1) is 18.5. The van der Waals surface area contributed by atoms with Crippen LogP contribution in [0.2, 0.25) is 15.1 Å². The standard InChI is InChI=1S/C25H15Cl3F3N3O4S/c1-2-37-23(36)18-19(12-3-5-14(26)6-4-12)34-22(35)17(39-24(34)33-21(18)25(29,30)31)10-13-9-15(27)11-16(28)20(13)38-8-7-32/h3-6,9-11,19H,2,8H2,1H3/b17-10-/t19-/m1/s1. The molecule has 0 aliphatic carbocycles. The molecule has 0 saturated heterocycles. The van der Waals surface area contributed by atoms with Crippen molar-refractivity contribution in [2.45, 2.75) is 19.1 Å². The fraction of sp³-hybridized carbons (Fsp3) is 0.200. The Labute approximate surface area is 237 Å². The van der Waals surface area contributed by atoms with Crippen LogP contribution in [0.1, 0.15) is 24.1 Å². The zero-order valence-corrected chi connectivity index (χ0v) is 22.8. The van der Waals surface area contributed by atoms with Gasteiger partial charge in [0.15, 0.2) is 17.1 Å². The van der Waals surface area contributed by atoms with E-state index in [2.05, 4.69) is 4.99 Å². The van der Waals surface area contributed by atoms with E-state index in [4.69, 9.17) is 49.5 Å². The van der Waals surface area contributed by atoms with E-state index in [1.807, 2.05) is 0 Å². The number of nitriles is 1. The van der Waals surface area contributed by atoms with Crippen LogP contribution >= 0.6 is 46.1 Å². The Bertz CT molecular complexity index is 1710. The molecule has 0 saturated carbocycles. The Morgan fingerprint density at radius 3 is 2.51 bits per heavy atom. The van der Waals surface area contributed by atoms with Crippen LogP contribution in [0.4, 0.5) is 13.2 Å². The van der Waals surface area contributed by atoms with E-state index in [0.717, 1.165) is 4.57 Å². The number of fused-ring (bicyclic) bond motifs is 1. The first-order valence-corrected chi connectivity index (χ1v) is 13.0. The molecule has 0 spiro atoms. The summed E-state index contributed by atoms with van der Waals surface area (Å²) < 4.78 is 53.9. The molecule has 1 aliphatic rings. The third kappa shape index (κ3) is 5.84. The second-order valence-corrected chi connectivity index (χ2v) is 10.2. The van der Waals surface area contributed by atoms with Crippen LogP contribution in [0.5, 0.6) is 5.75 Å². The summed E-state index contributed by atoms with van der Waals surface area (Å²) in [5.74, 6) is -1.22. The molecule has 0 amide bonds. The number of carbonyl (C=O) groups is 1. The molecule has 0 unspecified atom stereocenters. The number of hydrogen-bond acceptors (Lipinski definition) is 7. The minimum Gasteiger partial charge on any atom is -0.477 e. The zero-order chi connectivity index (χ0) is 28.5. The van der Waals surface area contributed by atoms with Crippen LogP contribution in [0.25, 0.3) is 6.08 Å². The molecule has 0 fully saturated rings. The molecule has 0 bridgehead atoms. The summed E-state index contributed by atoms with van der Waals surface area (Å²) in [5.41, 5.74) is -2.68. The molecule has 3 aromatic rings. The number of esters is 1. The molecule has 4 rings (SSSR count). The number of allylic oxidation sites excluding steroid dienone is 1. The van der Waals surface area contributed by atoms with Crippen LogP contribution in [-0.4, -0.2) is 29.9 Å². The van der Waals surface area contributed by atoms with Gasteiger partial charge in [0.2, 0.25) is 0 Å². The monoisotopic (exact) mass is 615 g/mol. The number of carbonyl (C=O) groups excluding carboxylic acids is 1. The second-order valence-electron chi connectivity index (χ2n) is 7.87. The SMILES string of the molecule is CCOC(=O)C1=C(C(F)(F)F)N=c2s/c(=C\c3cc(Cl)cc(Cl)c3OCC#N)c(=O)n2[C@@H]1c1ccc(Cl)cc1. The van der Waals surface area contributed by atoms with Crippen molar-refractivity contribution in [2.75, 3.05) is 13.2 Å². The maximum atomic E-state index is 14.2. The van der Waals surface area contributed by atoms with Gasteiger partial charge in [-0.05, 0) is 42.8 Å². The lowest BCUT2D eigenvalue weighted by Crippen LogP contribution is -2.41. The van der Waals surface area contributed by atoms with Crippen LogP contribution in [0.3, 0.4) is 0 Å². The van der Waals surface area contributed by atoms with E-state index >= 15 is 0 Å². The highest BCUT2D eigenvalue weighted by molar-refractivity contribution is 7.07. The third-order valence-corrected chi connectivity index (χ3v) is 7.12. The molecule has 0 N–H and O–H groups in total. The van der Waals surface area contributed by atoms with Crippen molar-refractivity contribution in [3.05, 3.63) is 93.6 Å². The topological polar surface area (TPSA) is 93.7 Å². The summed E-state index contributed by atoms with van der Waals surface area (Å²) in [4.78, 5) is 30.0. The van der Waals surface area contributed by atoms with E-state index in [-0.39, 0.29) is 49.5 Å². The van der Waals surface area contributed by atoms with Gasteiger partial charge in [-0.15, -0.1) is 0 Å². The maximum Gasteiger partial charge on any atom is 0.434 e. The quantitative estimate of drug-likeness (QED) is 0.355. The number of rotatable bonds is 6. The van der Waals surface area contributed by atoms with Crippen LogP contribution < -0.4 is 19.6 Å². The maximum absolute atomic E-state index is 14.2. The number of benzene rings is 2. The summed E-state index contributed by atoms with van der Waals surface area (Å²) in [6, 6.07) is 8.74. The average Bonchev–Trinajstić information content (AvgIpc) is 3.17. The summed E-state index contributed by atoms with van der Waals surface area (Å²) in [6.07, 6.45) is -3.73. The molecular weight excluding hydrogens is 602 g/mol. The van der Waals surface area contributed by atoms with Gasteiger partial charge in [0, 0.05) is 15.6 Å². The first-order valence-electron chi connectivity index (χ1n) is 11.0. The number of hydrogen-bond donors (Lipinski definition) is 0. The smallest absolute Gasteiger partial charge is 0.434 e. The molecule has 1 atom stereocenters. The van der Waals surface area contributed by atoms with Gasteiger partial charge in [0.1, 0.15) is 11.8 Å². The third-order valence-electron chi connectivity index (χ3n) is 5.39. The van der Waals surface area contributed by atoms with Crippen LogP contribution in [0.15, 0.2) is 57.5 Å². The Balaban J connectivity index is 2.05. The van der Waals surface area contributed by atoms with Crippen LogP contribution in [-0.2, 0) is 9.53 Å². The molecule has 1 aromatic heterocycles. The van der Waals surface area contributed by atoms with Gasteiger partial charge in [-0.2, -0.15) is 18.4 Å². The highest BCUT2D eigenvalue weighted by atomic mass is 35.5. The molecule has 202 valence electrons. The molecule has 39 heavy (non-hydrogen) atoms. The second kappa shape index (κ2) is 11.4. The number of aromatic nitrogens is 1. The first kappa shape index (κ1) is 28.7. The summed E-state index contributed by atoms with van der Waals surface area (Å²) in [6.45, 7) is 0.879. The Morgan fingerprint density at radius 2 is 1.90 bits per heavy atom. The van der Waals surface area contributed by atoms with Gasteiger partial charge >= 0.3 is 12.1 Å². The lowest BCUT2D eigenvalue weighted by atomic mass is 9.95. The highest BCUT2D eigenvalue weighted by Gasteiger charge is 2.45. The molecule has 7 nitrogen and oxygen atoms in total. The van der Waals surface area contributed by atoms with Crippen molar-refractivity contribution in [1.29, 1.82) is 5.26 Å². The van der Waals surface area contributed by atoms with Crippen molar-refractivity contribution in [3.8, 4) is 11.8 Å². The number of halogens is 6. The van der Waals surface area contributed by atoms with Gasteiger partial charge < -0.3 is 9.47 Å². The normalized spacial score (nSPS) is 15.4. The van der Waals surface area contributed by atoms with Crippen molar-refractivity contribution >= 4 is 58.2 Å². The van der Waals surface area contributed by atoms with E-state index in [1.165, 1.54) is 49.4 Å². The Morgan fingerprint density at radius 1 is 1.21 bits per heavy atom. The Kier molecular flexibility index (Phi) is 8.42. The molecule has 2 heterocycles. The van der Waals surface area contributed by atoms with Gasteiger partial charge in [0.05, 0.1) is 27.8 Å². The van der Waals surface area contributed by atoms with E-state index in [1.54, 1.807) is 6.07 Å². The van der Waals surface area contributed by atoms with Crippen molar-refractivity contribution < 1.29 is 27.4 Å². The molecule has 0 radical (unpaired) electrons. The van der Waals surface area contributed by atoms with Gasteiger partial charge in [-0.3, -0.25) is 9.36 Å². The van der Waals surface area contributed by atoms with Crippen molar-refractivity contribution in [1.82, 2.24) is 4.57 Å².